The van der Waals surface area contributed by atoms with Crippen LogP contribution in [0.3, 0.4) is 0 Å². The summed E-state index contributed by atoms with van der Waals surface area (Å²) < 4.78 is 59.6. The fourth-order valence-electron chi connectivity index (χ4n) is 5.62. The molecule has 0 radical (unpaired) electrons. The topological polar surface area (TPSA) is 253 Å². The highest BCUT2D eigenvalue weighted by atomic mass is 31.3. The normalized spacial score (nSPS) is 22.3. The van der Waals surface area contributed by atoms with E-state index in [0.717, 1.165) is 20.1 Å². The van der Waals surface area contributed by atoms with E-state index >= 15 is 0 Å². The Bertz CT molecular complexity index is 1930. The van der Waals surface area contributed by atoms with Crippen LogP contribution in [0.4, 0.5) is 0 Å². The number of phosphoric ester groups is 1. The van der Waals surface area contributed by atoms with Gasteiger partial charge in [-0.3, -0.25) is 23.4 Å². The second kappa shape index (κ2) is 14.6. The largest absolute Gasteiger partial charge is 0.490 e. The smallest absolute Gasteiger partial charge is 0.387 e. The predicted octanol–water partition coefficient (Wildman–Crippen LogP) is -0.469. The first-order valence-corrected chi connectivity index (χ1v) is 20.7. The van der Waals surface area contributed by atoms with Crippen molar-refractivity contribution in [2.24, 2.45) is 0 Å². The summed E-state index contributed by atoms with van der Waals surface area (Å²) in [6.07, 6.45) is -5.63. The fourth-order valence-corrected chi connectivity index (χ4v) is 13.7. The fraction of sp³-hybridized carbons (Fsp3) is 0.214. The van der Waals surface area contributed by atoms with E-state index in [4.69, 9.17) is 19.0 Å². The van der Waals surface area contributed by atoms with Gasteiger partial charge in [0.1, 0.15) is 18.3 Å². The monoisotopic (exact) mass is 756 g/mol. The van der Waals surface area contributed by atoms with Gasteiger partial charge in [0, 0.05) is 18.5 Å². The average molecular weight is 757 g/mol. The van der Waals surface area contributed by atoms with Gasteiger partial charge in [0.05, 0.1) is 6.61 Å². The van der Waals surface area contributed by atoms with E-state index in [2.05, 4.69) is 18.1 Å². The Morgan fingerprint density at radius 2 is 1.29 bits per heavy atom. The first-order chi connectivity index (χ1) is 23.1. The molecular weight excluding hydrogens is 725 g/mol. The Balaban J connectivity index is 1.55. The molecular formula is C28H31N2O15P3Si. The highest BCUT2D eigenvalue weighted by Crippen LogP contribution is 2.68. The van der Waals surface area contributed by atoms with Gasteiger partial charge in [0.15, 0.2) is 14.3 Å². The number of benzene rings is 3. The third kappa shape index (κ3) is 7.94. The summed E-state index contributed by atoms with van der Waals surface area (Å²) in [7, 11) is -19.2. The van der Waals surface area contributed by atoms with Crippen molar-refractivity contribution in [1.29, 1.82) is 0 Å². The summed E-state index contributed by atoms with van der Waals surface area (Å²) >= 11 is 0. The number of rotatable bonds is 13. The number of aromatic nitrogens is 2. The summed E-state index contributed by atoms with van der Waals surface area (Å²) in [5.74, 6) is 0. The second-order valence-corrected chi connectivity index (χ2v) is 19.2. The molecule has 2 heterocycles. The van der Waals surface area contributed by atoms with E-state index in [1.807, 2.05) is 91.0 Å². The van der Waals surface area contributed by atoms with Crippen molar-refractivity contribution in [2.45, 2.75) is 24.5 Å². The molecule has 4 aromatic rings. The maximum absolute atomic E-state index is 13.9. The number of nitrogens with zero attached hydrogens (tertiary/aromatic N) is 1. The van der Waals surface area contributed by atoms with E-state index in [-0.39, 0.29) is 5.19 Å². The highest BCUT2D eigenvalue weighted by Gasteiger charge is 2.49. The van der Waals surface area contributed by atoms with E-state index < -0.39 is 73.9 Å². The third-order valence-corrected chi connectivity index (χ3v) is 16.6. The molecule has 1 fully saturated rings. The molecule has 1 aliphatic heterocycles. The molecule has 6 N–H and O–H groups in total. The molecule has 1 saturated heterocycles. The zero-order valence-electron chi connectivity index (χ0n) is 25.4. The van der Waals surface area contributed by atoms with E-state index in [9.17, 15) is 38.4 Å². The first-order valence-electron chi connectivity index (χ1n) is 14.3. The summed E-state index contributed by atoms with van der Waals surface area (Å²) in [6.45, 7) is -0.961. The van der Waals surface area contributed by atoms with Crippen LogP contribution < -0.4 is 32.0 Å². The van der Waals surface area contributed by atoms with Crippen molar-refractivity contribution >= 4 is 52.3 Å². The Labute approximate surface area is 278 Å². The lowest BCUT2D eigenvalue weighted by molar-refractivity contribution is -0.0545. The van der Waals surface area contributed by atoms with Crippen molar-refractivity contribution in [3.05, 3.63) is 118 Å². The van der Waals surface area contributed by atoms with Crippen LogP contribution >= 0.6 is 23.5 Å². The number of aliphatic hydroxyl groups excluding tert-OH is 2. The van der Waals surface area contributed by atoms with Gasteiger partial charge in [-0.05, 0) is 15.6 Å². The molecule has 1 aliphatic rings. The van der Waals surface area contributed by atoms with E-state index in [1.165, 1.54) is 6.20 Å². The van der Waals surface area contributed by atoms with Crippen molar-refractivity contribution < 1.29 is 61.0 Å². The molecule has 0 amide bonds. The number of hydrogen-bond donors (Lipinski definition) is 6. The highest BCUT2D eigenvalue weighted by molar-refractivity contribution is 7.66. The minimum Gasteiger partial charge on any atom is -0.387 e. The molecule has 5 rings (SSSR count). The molecule has 2 unspecified atom stereocenters. The number of aromatic amines is 1. The van der Waals surface area contributed by atoms with Crippen LogP contribution in [0.5, 0.6) is 0 Å². The Morgan fingerprint density at radius 1 is 0.796 bits per heavy atom. The van der Waals surface area contributed by atoms with Crippen LogP contribution in [0, 0.1) is 0 Å². The third-order valence-electron chi connectivity index (χ3n) is 7.64. The maximum atomic E-state index is 13.9. The molecule has 262 valence electrons. The molecule has 0 aliphatic carbocycles. The summed E-state index contributed by atoms with van der Waals surface area (Å²) in [5.41, 5.74) is -1.69. The van der Waals surface area contributed by atoms with Gasteiger partial charge in [0.25, 0.3) is 5.56 Å². The van der Waals surface area contributed by atoms with Crippen LogP contribution in [-0.2, 0) is 36.1 Å². The lowest BCUT2D eigenvalue weighted by Gasteiger charge is -2.34. The molecule has 0 spiro atoms. The van der Waals surface area contributed by atoms with Crippen LogP contribution in [0.15, 0.2) is 107 Å². The minimum absolute atomic E-state index is 0.182. The van der Waals surface area contributed by atoms with Gasteiger partial charge >= 0.3 is 29.2 Å². The lowest BCUT2D eigenvalue weighted by Crippen LogP contribution is -2.78. The number of aliphatic hydroxyl groups is 2. The molecule has 3 aromatic carbocycles. The Hall–Kier alpha value is -3.15. The molecule has 1 aromatic heterocycles. The molecule has 49 heavy (non-hydrogen) atoms. The SMILES string of the molecule is COP(=O)(OC[C@H]1O[C@@H](n2cc([Si](c3ccccc3)(c3ccccc3)c3ccccc3)c(=O)[nH]c2=O)[C@H](O)[C@@H]1O)OP(=O)(O)OP(=O)(O)O. The zero-order valence-corrected chi connectivity index (χ0v) is 29.0. The Kier molecular flexibility index (Phi) is 11.1. The minimum atomic E-state index is -5.71. The molecule has 0 bridgehead atoms. The van der Waals surface area contributed by atoms with Gasteiger partial charge in [-0.15, -0.1) is 0 Å². The van der Waals surface area contributed by atoms with Crippen molar-refractivity contribution in [3.63, 3.8) is 0 Å². The van der Waals surface area contributed by atoms with Gasteiger partial charge in [-0.25, -0.2) is 18.5 Å². The van der Waals surface area contributed by atoms with Crippen molar-refractivity contribution in [2.75, 3.05) is 13.7 Å². The van der Waals surface area contributed by atoms with Crippen molar-refractivity contribution in [1.82, 2.24) is 9.55 Å². The number of phosphoric acid groups is 3. The standard InChI is InChI=1S/C28H31N2O15P3Si/c1-41-48(40,45-47(38,39)44-46(35,36)37)42-18-22-24(31)25(32)27(43-22)30-17-23(26(33)29-28(30)34)49(19-11-5-2-6-12-19,20-13-7-3-8-14-20)21-15-9-4-10-16-21/h2-17,22,24-25,27,31-32H,18H2,1H3,(H,38,39)(H,29,33,34)(H2,35,36,37)/t22-,24-,25-,27-,48?/m1/s1. The van der Waals surface area contributed by atoms with Crippen LogP contribution in [0.1, 0.15) is 6.23 Å². The summed E-state index contributed by atoms with van der Waals surface area (Å²) in [5, 5.41) is 24.4. The Morgan fingerprint density at radius 3 is 1.73 bits per heavy atom. The number of ether oxygens (including phenoxy) is 1. The molecule has 17 nitrogen and oxygen atoms in total. The summed E-state index contributed by atoms with van der Waals surface area (Å²) in [6, 6.07) is 27.7. The summed E-state index contributed by atoms with van der Waals surface area (Å²) in [4.78, 5) is 56.7. The van der Waals surface area contributed by atoms with Crippen LogP contribution in [0.2, 0.25) is 0 Å². The number of hydrogen-bond acceptors (Lipinski definition) is 12. The van der Waals surface area contributed by atoms with Gasteiger partial charge in [-0.1, -0.05) is 91.0 Å². The van der Waals surface area contributed by atoms with Crippen LogP contribution in [0.25, 0.3) is 0 Å². The van der Waals surface area contributed by atoms with Crippen LogP contribution in [-0.4, -0.2) is 74.5 Å². The quantitative estimate of drug-likeness (QED) is 0.0573. The van der Waals surface area contributed by atoms with E-state index in [1.54, 1.807) is 0 Å². The van der Waals surface area contributed by atoms with Crippen molar-refractivity contribution in [3.8, 4) is 0 Å². The first kappa shape index (κ1) is 37.1. The number of nitrogens with one attached hydrogen (secondary N) is 1. The second-order valence-electron chi connectivity index (χ2n) is 10.7. The molecule has 0 saturated carbocycles. The van der Waals surface area contributed by atoms with Gasteiger partial charge in [-0.2, -0.15) is 8.62 Å². The molecule has 21 heteroatoms. The zero-order chi connectivity index (χ0) is 35.6. The maximum Gasteiger partial charge on any atom is 0.490 e. The van der Waals surface area contributed by atoms with Gasteiger partial charge < -0.3 is 29.6 Å². The lowest BCUT2D eigenvalue weighted by atomic mass is 10.1. The average Bonchev–Trinajstić information content (AvgIpc) is 3.34. The molecule has 6 atom stereocenters. The number of H-pyrrole nitrogens is 1. The van der Waals surface area contributed by atoms with Gasteiger partial charge in [0.2, 0.25) is 0 Å². The predicted molar refractivity (Wildman–Crippen MR) is 175 cm³/mol. The van der Waals surface area contributed by atoms with E-state index in [0.29, 0.717) is 7.11 Å².